The van der Waals surface area contributed by atoms with Gasteiger partial charge in [-0.2, -0.15) is 0 Å². The second-order valence-electron chi connectivity index (χ2n) is 5.88. The summed E-state index contributed by atoms with van der Waals surface area (Å²) in [6.45, 7) is 4.26. The maximum absolute atomic E-state index is 13.9. The number of fused-ring (bicyclic) bond motifs is 2. The van der Waals surface area contributed by atoms with E-state index >= 15 is 0 Å². The molecule has 0 fully saturated rings. The largest absolute Gasteiger partial charge is 0.345 e. The highest BCUT2D eigenvalue weighted by Gasteiger charge is 2.32. The molecule has 2 atom stereocenters. The van der Waals surface area contributed by atoms with Crippen molar-refractivity contribution in [3.05, 3.63) is 41.9 Å². The zero-order valence-electron chi connectivity index (χ0n) is 11.2. The van der Waals surface area contributed by atoms with Crippen molar-refractivity contribution in [2.45, 2.75) is 19.5 Å². The Balaban J connectivity index is 2.03. The molecule has 0 saturated carbocycles. The smallest absolute Gasteiger partial charge is 0.132 e. The van der Waals surface area contributed by atoms with Crippen LogP contribution in [0.4, 0.5) is 4.39 Å². The summed E-state index contributed by atoms with van der Waals surface area (Å²) in [5.41, 5.74) is 3.64. The summed E-state index contributed by atoms with van der Waals surface area (Å²) in [6.07, 6.45) is 4.38. The molecular weight excluding hydrogens is 239 g/mol. The van der Waals surface area contributed by atoms with Gasteiger partial charge in [0.25, 0.3) is 0 Å². The first-order valence-electron chi connectivity index (χ1n) is 6.85. The first-order chi connectivity index (χ1) is 9.15. The summed E-state index contributed by atoms with van der Waals surface area (Å²) in [7, 11) is 2.18. The van der Waals surface area contributed by atoms with E-state index in [1.54, 1.807) is 6.07 Å². The second kappa shape index (κ2) is 3.70. The first-order valence-corrected chi connectivity index (χ1v) is 6.85. The van der Waals surface area contributed by atoms with Crippen LogP contribution in [-0.4, -0.2) is 29.1 Å². The Kier molecular flexibility index (Phi) is 2.19. The van der Waals surface area contributed by atoms with Crippen molar-refractivity contribution in [1.82, 2.24) is 9.47 Å². The summed E-state index contributed by atoms with van der Waals surface area (Å²) >= 11 is 0. The molecule has 1 aromatic carbocycles. The minimum atomic E-state index is -0.117. The molecule has 1 aromatic heterocycles. The third-order valence-corrected chi connectivity index (χ3v) is 4.48. The Labute approximate surface area is 112 Å². The van der Waals surface area contributed by atoms with Crippen molar-refractivity contribution in [2.75, 3.05) is 13.6 Å². The molecular formula is C16H17FN2. The maximum Gasteiger partial charge on any atom is 0.132 e. The zero-order valence-corrected chi connectivity index (χ0v) is 11.2. The fourth-order valence-corrected chi connectivity index (χ4v) is 3.66. The van der Waals surface area contributed by atoms with Crippen molar-refractivity contribution < 1.29 is 4.39 Å². The lowest BCUT2D eigenvalue weighted by atomic mass is 9.86. The average Bonchev–Trinajstić information content (AvgIpc) is 2.79. The van der Waals surface area contributed by atoms with E-state index in [1.165, 1.54) is 11.1 Å². The normalized spacial score (nSPS) is 26.4. The fourth-order valence-electron chi connectivity index (χ4n) is 3.66. The SMILES string of the molecule is CC1C=C2c3ccc(F)c4ccn(c34)C[C@H]2N(C)C1. The molecule has 0 bridgehead atoms. The standard InChI is InChI=1S/C16H17FN2/c1-10-7-13-11-3-4-14(17)12-5-6-19(16(11)12)9-15(13)18(2)8-10/h3-7,10,15H,8-9H2,1-2H3/t10?,15-/m1/s1. The van der Waals surface area contributed by atoms with Gasteiger partial charge in [-0.3, -0.25) is 4.90 Å². The second-order valence-corrected chi connectivity index (χ2v) is 5.88. The molecule has 0 amide bonds. The molecule has 2 aromatic rings. The van der Waals surface area contributed by atoms with Crippen molar-refractivity contribution >= 4 is 16.5 Å². The Morgan fingerprint density at radius 2 is 2.05 bits per heavy atom. The number of benzene rings is 1. The van der Waals surface area contributed by atoms with Gasteiger partial charge in [-0.1, -0.05) is 13.0 Å². The third kappa shape index (κ3) is 1.45. The van der Waals surface area contributed by atoms with Crippen molar-refractivity contribution in [3.8, 4) is 0 Å². The predicted molar refractivity (Wildman–Crippen MR) is 75.5 cm³/mol. The lowest BCUT2D eigenvalue weighted by molar-refractivity contribution is 0.234. The van der Waals surface area contributed by atoms with E-state index in [2.05, 4.69) is 29.5 Å². The lowest BCUT2D eigenvalue weighted by Gasteiger charge is -2.39. The highest BCUT2D eigenvalue weighted by atomic mass is 19.1. The van der Waals surface area contributed by atoms with Gasteiger partial charge in [-0.25, -0.2) is 4.39 Å². The zero-order chi connectivity index (χ0) is 13.1. The average molecular weight is 256 g/mol. The van der Waals surface area contributed by atoms with Gasteiger partial charge in [0.05, 0.1) is 11.6 Å². The van der Waals surface area contributed by atoms with Crippen molar-refractivity contribution in [3.63, 3.8) is 0 Å². The minimum Gasteiger partial charge on any atom is -0.345 e. The van der Waals surface area contributed by atoms with E-state index in [0.29, 0.717) is 12.0 Å². The Morgan fingerprint density at radius 3 is 2.89 bits per heavy atom. The molecule has 1 unspecified atom stereocenters. The van der Waals surface area contributed by atoms with Crippen LogP contribution in [0, 0.1) is 11.7 Å². The molecule has 3 heterocycles. The molecule has 0 saturated heterocycles. The van der Waals surface area contributed by atoms with Crippen molar-refractivity contribution in [1.29, 1.82) is 0 Å². The van der Waals surface area contributed by atoms with E-state index in [4.69, 9.17) is 0 Å². The molecule has 0 radical (unpaired) electrons. The number of aromatic nitrogens is 1. The summed E-state index contributed by atoms with van der Waals surface area (Å²) in [5.74, 6) is 0.437. The summed E-state index contributed by atoms with van der Waals surface area (Å²) in [4.78, 5) is 2.41. The van der Waals surface area contributed by atoms with Crippen LogP contribution in [0.15, 0.2) is 30.5 Å². The van der Waals surface area contributed by atoms with Crippen LogP contribution in [0.5, 0.6) is 0 Å². The first kappa shape index (κ1) is 11.2. The summed E-state index contributed by atoms with van der Waals surface area (Å²) < 4.78 is 16.1. The molecule has 19 heavy (non-hydrogen) atoms. The van der Waals surface area contributed by atoms with E-state index in [9.17, 15) is 4.39 Å². The van der Waals surface area contributed by atoms with Gasteiger partial charge in [0.1, 0.15) is 5.82 Å². The van der Waals surface area contributed by atoms with Gasteiger partial charge in [-0.15, -0.1) is 0 Å². The van der Waals surface area contributed by atoms with Gasteiger partial charge in [0, 0.05) is 30.2 Å². The quantitative estimate of drug-likeness (QED) is 0.703. The Hall–Kier alpha value is -1.61. The predicted octanol–water partition coefficient (Wildman–Crippen LogP) is 3.13. The van der Waals surface area contributed by atoms with Crippen LogP contribution >= 0.6 is 0 Å². The number of hydrogen-bond donors (Lipinski definition) is 0. The molecule has 2 nitrogen and oxygen atoms in total. The molecule has 3 heteroatoms. The fraction of sp³-hybridized carbons (Fsp3) is 0.375. The number of hydrogen-bond acceptors (Lipinski definition) is 1. The maximum atomic E-state index is 13.9. The van der Waals surface area contributed by atoms with Crippen molar-refractivity contribution in [2.24, 2.45) is 5.92 Å². The highest BCUT2D eigenvalue weighted by Crippen LogP contribution is 2.38. The van der Waals surface area contributed by atoms with Crippen LogP contribution in [-0.2, 0) is 6.54 Å². The molecule has 0 spiro atoms. The molecule has 2 aliphatic heterocycles. The highest BCUT2D eigenvalue weighted by molar-refractivity contribution is 5.95. The van der Waals surface area contributed by atoms with Gasteiger partial charge in [-0.05, 0) is 36.7 Å². The van der Waals surface area contributed by atoms with Gasteiger partial charge in [0.2, 0.25) is 0 Å². The van der Waals surface area contributed by atoms with E-state index in [-0.39, 0.29) is 5.82 Å². The van der Waals surface area contributed by atoms with E-state index in [0.717, 1.165) is 24.0 Å². The van der Waals surface area contributed by atoms with Crippen LogP contribution in [0.1, 0.15) is 12.5 Å². The topological polar surface area (TPSA) is 8.17 Å². The van der Waals surface area contributed by atoms with Gasteiger partial charge >= 0.3 is 0 Å². The molecule has 4 rings (SSSR count). The Morgan fingerprint density at radius 1 is 1.21 bits per heavy atom. The van der Waals surface area contributed by atoms with Crippen LogP contribution in [0.3, 0.4) is 0 Å². The third-order valence-electron chi connectivity index (χ3n) is 4.48. The Bertz CT molecular complexity index is 698. The van der Waals surface area contributed by atoms with Gasteiger partial charge in [0.15, 0.2) is 0 Å². The monoisotopic (exact) mass is 256 g/mol. The molecule has 2 aliphatic rings. The van der Waals surface area contributed by atoms with Crippen LogP contribution in [0.2, 0.25) is 0 Å². The number of halogens is 1. The van der Waals surface area contributed by atoms with E-state index < -0.39 is 0 Å². The number of nitrogens with zero attached hydrogens (tertiary/aromatic N) is 2. The summed E-state index contributed by atoms with van der Waals surface area (Å²) in [6, 6.07) is 5.86. The van der Waals surface area contributed by atoms with Crippen LogP contribution in [0.25, 0.3) is 16.5 Å². The molecule has 0 N–H and O–H groups in total. The minimum absolute atomic E-state index is 0.117. The van der Waals surface area contributed by atoms with Crippen LogP contribution < -0.4 is 0 Å². The molecule has 0 aliphatic carbocycles. The summed E-state index contributed by atoms with van der Waals surface area (Å²) in [5, 5.41) is 0.748. The van der Waals surface area contributed by atoms with Gasteiger partial charge < -0.3 is 4.57 Å². The molecule has 98 valence electrons. The number of rotatable bonds is 0. The van der Waals surface area contributed by atoms with E-state index in [1.807, 2.05) is 18.3 Å². The lowest BCUT2D eigenvalue weighted by Crippen LogP contribution is -2.43. The number of likely N-dealkylation sites (N-methyl/N-ethyl adjacent to an activating group) is 1.